The SMILES string of the molecule is CC1NC=C2CN(c3ccc(F)cc3)C3=CC=C(NS(=O)(=O)c4ccccc4)CC3=C3C(=O)NC1=C23. The summed E-state index contributed by atoms with van der Waals surface area (Å²) in [6.07, 6.45) is 5.68. The second-order valence-corrected chi connectivity index (χ2v) is 10.7. The Balaban J connectivity index is 1.49. The lowest BCUT2D eigenvalue weighted by Gasteiger charge is -2.31. The summed E-state index contributed by atoms with van der Waals surface area (Å²) in [7, 11) is -3.80. The van der Waals surface area contributed by atoms with E-state index in [1.54, 1.807) is 36.4 Å². The highest BCUT2D eigenvalue weighted by molar-refractivity contribution is 7.89. The first-order valence-corrected chi connectivity index (χ1v) is 13.1. The average molecular weight is 503 g/mol. The Morgan fingerprint density at radius 3 is 2.53 bits per heavy atom. The third-order valence-corrected chi connectivity index (χ3v) is 8.18. The molecule has 4 aliphatic rings. The minimum Gasteiger partial charge on any atom is -0.383 e. The molecule has 1 atom stereocenters. The summed E-state index contributed by atoms with van der Waals surface area (Å²) in [6, 6.07) is 14.3. The summed E-state index contributed by atoms with van der Waals surface area (Å²) in [5.41, 5.74) is 5.84. The lowest BCUT2D eigenvalue weighted by Crippen LogP contribution is -2.36. The Morgan fingerprint density at radius 1 is 1.03 bits per heavy atom. The molecule has 1 aliphatic carbocycles. The fourth-order valence-corrected chi connectivity index (χ4v) is 6.16. The van der Waals surface area contributed by atoms with Crippen LogP contribution in [-0.2, 0) is 14.8 Å². The maximum Gasteiger partial charge on any atom is 0.261 e. The Bertz CT molecular complexity index is 1550. The van der Waals surface area contributed by atoms with Crippen LogP contribution in [-0.4, -0.2) is 26.9 Å². The standard InChI is InChI=1S/C27H23FN4O3S/c1-16-26-24-17(14-29-16)15-32(20-10-7-18(28)8-11-20)23-12-9-19(13-22(23)25(24)27(33)30-26)31-36(34,35)21-5-3-2-4-6-21/h2-12,14,16,29,31H,13,15H2,1H3,(H,30,33). The van der Waals surface area contributed by atoms with E-state index in [4.69, 9.17) is 0 Å². The molecule has 0 spiro atoms. The number of anilines is 1. The first-order chi connectivity index (χ1) is 17.3. The molecule has 0 aromatic heterocycles. The molecule has 0 bridgehead atoms. The number of dihydropyridines is 1. The predicted octanol–water partition coefficient (Wildman–Crippen LogP) is 3.35. The van der Waals surface area contributed by atoms with Gasteiger partial charge in [-0.1, -0.05) is 18.2 Å². The number of nitrogens with one attached hydrogen (secondary N) is 3. The van der Waals surface area contributed by atoms with Gasteiger partial charge >= 0.3 is 0 Å². The number of amides is 1. The number of benzene rings is 2. The summed E-state index contributed by atoms with van der Waals surface area (Å²) in [6.45, 7) is 2.43. The molecule has 9 heteroatoms. The van der Waals surface area contributed by atoms with Crippen LogP contribution in [0, 0.1) is 5.82 Å². The first-order valence-electron chi connectivity index (χ1n) is 11.6. The highest BCUT2D eigenvalue weighted by Crippen LogP contribution is 2.44. The summed E-state index contributed by atoms with van der Waals surface area (Å²) >= 11 is 0. The van der Waals surface area contributed by atoms with Gasteiger partial charge in [0, 0.05) is 41.0 Å². The van der Waals surface area contributed by atoms with Gasteiger partial charge in [0.1, 0.15) is 5.82 Å². The van der Waals surface area contributed by atoms with E-state index in [1.807, 2.05) is 24.1 Å². The van der Waals surface area contributed by atoms with Crippen molar-refractivity contribution >= 4 is 21.6 Å². The Morgan fingerprint density at radius 2 is 1.78 bits per heavy atom. The first kappa shape index (κ1) is 22.4. The molecular formula is C27H23FN4O3S. The van der Waals surface area contributed by atoms with Gasteiger partial charge in [-0.2, -0.15) is 0 Å². The highest BCUT2D eigenvalue weighted by Gasteiger charge is 2.41. The van der Waals surface area contributed by atoms with Crippen LogP contribution in [0.5, 0.6) is 0 Å². The Labute approximate surface area is 208 Å². The van der Waals surface area contributed by atoms with E-state index in [9.17, 15) is 17.6 Å². The van der Waals surface area contributed by atoms with Gasteiger partial charge in [-0.05, 0) is 66.6 Å². The fraction of sp³-hybridized carbons (Fsp3) is 0.148. The normalized spacial score (nSPS) is 20.9. The molecule has 3 heterocycles. The highest BCUT2D eigenvalue weighted by atomic mass is 32.2. The fourth-order valence-electron chi connectivity index (χ4n) is 5.05. The van der Waals surface area contributed by atoms with Crippen LogP contribution < -0.4 is 20.3 Å². The largest absolute Gasteiger partial charge is 0.383 e. The molecule has 0 saturated heterocycles. The van der Waals surface area contributed by atoms with Crippen molar-refractivity contribution in [2.75, 3.05) is 11.4 Å². The van der Waals surface area contributed by atoms with E-state index in [0.29, 0.717) is 23.4 Å². The van der Waals surface area contributed by atoms with Gasteiger partial charge in [0.15, 0.2) is 0 Å². The third kappa shape index (κ3) is 3.63. The van der Waals surface area contributed by atoms with Crippen LogP contribution in [0.4, 0.5) is 10.1 Å². The second-order valence-electron chi connectivity index (χ2n) is 9.06. The van der Waals surface area contributed by atoms with Crippen LogP contribution in [0.1, 0.15) is 13.3 Å². The third-order valence-electron chi connectivity index (χ3n) is 6.75. The van der Waals surface area contributed by atoms with Gasteiger partial charge < -0.3 is 15.5 Å². The number of hydrogen-bond acceptors (Lipinski definition) is 5. The molecule has 2 aromatic rings. The number of rotatable bonds is 4. The Kier molecular flexibility index (Phi) is 5.11. The number of carbonyl (C=O) groups excluding carboxylic acids is 1. The minimum atomic E-state index is -3.80. The van der Waals surface area contributed by atoms with Crippen molar-refractivity contribution in [3.63, 3.8) is 0 Å². The monoisotopic (exact) mass is 502 g/mol. The quantitative estimate of drug-likeness (QED) is 0.597. The van der Waals surface area contributed by atoms with E-state index in [0.717, 1.165) is 28.2 Å². The zero-order valence-electron chi connectivity index (χ0n) is 19.4. The van der Waals surface area contributed by atoms with Crippen molar-refractivity contribution in [3.8, 4) is 0 Å². The molecule has 0 fully saturated rings. The van der Waals surface area contributed by atoms with Gasteiger partial charge in [0.2, 0.25) is 0 Å². The molecule has 6 rings (SSSR count). The Hall–Kier alpha value is -4.11. The minimum absolute atomic E-state index is 0.0780. The van der Waals surface area contributed by atoms with E-state index < -0.39 is 10.0 Å². The zero-order chi connectivity index (χ0) is 25.0. The lowest BCUT2D eigenvalue weighted by molar-refractivity contribution is -0.116. The molecular weight excluding hydrogens is 479 g/mol. The number of hydrogen-bond donors (Lipinski definition) is 3. The summed E-state index contributed by atoms with van der Waals surface area (Å²) in [4.78, 5) is 15.5. The number of carbonyl (C=O) groups is 1. The van der Waals surface area contributed by atoms with Crippen LogP contribution >= 0.6 is 0 Å². The zero-order valence-corrected chi connectivity index (χ0v) is 20.2. The van der Waals surface area contributed by atoms with Gasteiger partial charge in [-0.3, -0.25) is 9.52 Å². The molecule has 0 saturated carbocycles. The number of sulfonamides is 1. The molecule has 36 heavy (non-hydrogen) atoms. The number of nitrogens with zero attached hydrogens (tertiary/aromatic N) is 1. The van der Waals surface area contributed by atoms with E-state index in [1.165, 1.54) is 24.3 Å². The predicted molar refractivity (Wildman–Crippen MR) is 134 cm³/mol. The van der Waals surface area contributed by atoms with Crippen molar-refractivity contribution in [3.05, 3.63) is 118 Å². The van der Waals surface area contributed by atoms with Crippen molar-refractivity contribution < 1.29 is 17.6 Å². The van der Waals surface area contributed by atoms with Crippen LogP contribution in [0.25, 0.3) is 0 Å². The summed E-state index contributed by atoms with van der Waals surface area (Å²) in [5.74, 6) is -0.550. The van der Waals surface area contributed by atoms with Gasteiger partial charge in [-0.25, -0.2) is 12.8 Å². The molecule has 1 amide bonds. The molecule has 182 valence electrons. The lowest BCUT2D eigenvalue weighted by atomic mass is 9.89. The van der Waals surface area contributed by atoms with Gasteiger partial charge in [-0.15, -0.1) is 0 Å². The number of allylic oxidation sites excluding steroid dienone is 4. The van der Waals surface area contributed by atoms with Crippen LogP contribution in [0.15, 0.2) is 117 Å². The van der Waals surface area contributed by atoms with Crippen LogP contribution in [0.3, 0.4) is 0 Å². The average Bonchev–Trinajstić information content (AvgIpc) is 3.15. The maximum atomic E-state index is 13.7. The van der Waals surface area contributed by atoms with Crippen molar-refractivity contribution in [2.45, 2.75) is 24.3 Å². The van der Waals surface area contributed by atoms with Crippen LogP contribution in [0.2, 0.25) is 0 Å². The maximum absolute atomic E-state index is 13.7. The summed E-state index contributed by atoms with van der Waals surface area (Å²) in [5, 5.41) is 6.32. The van der Waals surface area contributed by atoms with Crippen molar-refractivity contribution in [1.29, 1.82) is 0 Å². The number of halogens is 1. The summed E-state index contributed by atoms with van der Waals surface area (Å²) < 4.78 is 42.4. The molecule has 3 aliphatic heterocycles. The van der Waals surface area contributed by atoms with E-state index in [-0.39, 0.29) is 29.1 Å². The van der Waals surface area contributed by atoms with E-state index >= 15 is 0 Å². The van der Waals surface area contributed by atoms with E-state index in [2.05, 4.69) is 15.4 Å². The number of fused-ring (bicyclic) bond motifs is 1. The molecule has 0 radical (unpaired) electrons. The van der Waals surface area contributed by atoms with Gasteiger partial charge in [0.05, 0.1) is 23.1 Å². The van der Waals surface area contributed by atoms with Crippen molar-refractivity contribution in [2.24, 2.45) is 0 Å². The molecule has 2 aromatic carbocycles. The van der Waals surface area contributed by atoms with Gasteiger partial charge in [0.25, 0.3) is 15.9 Å². The smallest absolute Gasteiger partial charge is 0.261 e. The second kappa shape index (κ2) is 8.23. The molecule has 7 nitrogen and oxygen atoms in total. The molecule has 1 unspecified atom stereocenters. The molecule has 3 N–H and O–H groups in total. The van der Waals surface area contributed by atoms with Crippen molar-refractivity contribution in [1.82, 2.24) is 15.4 Å². The topological polar surface area (TPSA) is 90.5 Å².